The zero-order valence-electron chi connectivity index (χ0n) is 10.6. The van der Waals surface area contributed by atoms with Crippen LogP contribution in [0.15, 0.2) is 24.3 Å². The molecule has 0 aliphatic heterocycles. The first-order valence-electron chi connectivity index (χ1n) is 6.46. The summed E-state index contributed by atoms with van der Waals surface area (Å²) in [5.74, 6) is 0.125. The monoisotopic (exact) mass is 266 g/mol. The molecule has 0 aromatic heterocycles. The topological polar surface area (TPSA) is 46.3 Å². The lowest BCUT2D eigenvalue weighted by Crippen LogP contribution is -2.47. The van der Waals surface area contributed by atoms with Crippen LogP contribution in [-0.2, 0) is 4.79 Å². The van der Waals surface area contributed by atoms with E-state index < -0.39 is 0 Å². The fourth-order valence-corrected chi connectivity index (χ4v) is 2.71. The average Bonchev–Trinajstić information content (AvgIpc) is 2.78. The quantitative estimate of drug-likeness (QED) is 0.914. The van der Waals surface area contributed by atoms with Crippen molar-refractivity contribution in [3.05, 3.63) is 29.3 Å². The van der Waals surface area contributed by atoms with Gasteiger partial charge in [-0.05, 0) is 43.5 Å². The maximum absolute atomic E-state index is 12.2. The summed E-state index contributed by atoms with van der Waals surface area (Å²) in [5, 5.41) is 0.679. The van der Waals surface area contributed by atoms with E-state index in [1.54, 1.807) is 0 Å². The van der Waals surface area contributed by atoms with Crippen molar-refractivity contribution >= 4 is 23.2 Å². The Labute approximate surface area is 113 Å². The molecule has 1 fully saturated rings. The van der Waals surface area contributed by atoms with Gasteiger partial charge in [-0.3, -0.25) is 4.79 Å². The highest BCUT2D eigenvalue weighted by atomic mass is 35.5. The lowest BCUT2D eigenvalue weighted by atomic mass is 10.1. The summed E-state index contributed by atoms with van der Waals surface area (Å²) in [6, 6.07) is 7.61. The van der Waals surface area contributed by atoms with Crippen LogP contribution in [0.3, 0.4) is 0 Å². The first kappa shape index (κ1) is 13.4. The Morgan fingerprint density at radius 2 is 2.06 bits per heavy atom. The smallest absolute Gasteiger partial charge is 0.227 e. The van der Waals surface area contributed by atoms with Crippen molar-refractivity contribution < 1.29 is 4.79 Å². The Bertz CT molecular complexity index is 418. The molecule has 18 heavy (non-hydrogen) atoms. The molecule has 4 heteroatoms. The highest BCUT2D eigenvalue weighted by molar-refractivity contribution is 6.30. The molecular formula is C14H19ClN2O. The van der Waals surface area contributed by atoms with Crippen LogP contribution < -0.4 is 10.6 Å². The van der Waals surface area contributed by atoms with Crippen LogP contribution in [-0.4, -0.2) is 18.0 Å². The van der Waals surface area contributed by atoms with E-state index in [0.717, 1.165) is 24.9 Å². The maximum Gasteiger partial charge on any atom is 0.227 e. The van der Waals surface area contributed by atoms with Gasteiger partial charge in [-0.25, -0.2) is 0 Å². The largest absolute Gasteiger partial charge is 0.326 e. The number of carbonyl (C=O) groups is 1. The van der Waals surface area contributed by atoms with Gasteiger partial charge in [-0.1, -0.05) is 18.5 Å². The number of rotatable bonds is 3. The molecule has 0 heterocycles. The number of anilines is 1. The summed E-state index contributed by atoms with van der Waals surface area (Å²) >= 11 is 5.89. The summed E-state index contributed by atoms with van der Waals surface area (Å²) in [6.45, 7) is 1.88. The Hall–Kier alpha value is -1.06. The van der Waals surface area contributed by atoms with Crippen LogP contribution in [0.5, 0.6) is 0 Å². The summed E-state index contributed by atoms with van der Waals surface area (Å²) in [5.41, 5.74) is 7.02. The van der Waals surface area contributed by atoms with E-state index in [1.165, 1.54) is 0 Å². The second-order valence-corrected chi connectivity index (χ2v) is 5.19. The number of hydrogen-bond donors (Lipinski definition) is 1. The SMILES string of the molecule is CCC(=O)N(c1ccc(Cl)cc1)C1CCCC1N. The van der Waals surface area contributed by atoms with Gasteiger partial charge in [0.05, 0.1) is 6.04 Å². The molecule has 1 aliphatic rings. The first-order valence-corrected chi connectivity index (χ1v) is 6.84. The van der Waals surface area contributed by atoms with E-state index in [-0.39, 0.29) is 18.0 Å². The van der Waals surface area contributed by atoms with Crippen molar-refractivity contribution in [2.45, 2.75) is 44.7 Å². The Morgan fingerprint density at radius 1 is 1.39 bits per heavy atom. The van der Waals surface area contributed by atoms with E-state index in [1.807, 2.05) is 36.1 Å². The molecule has 2 atom stereocenters. The van der Waals surface area contributed by atoms with Crippen LogP contribution >= 0.6 is 11.6 Å². The van der Waals surface area contributed by atoms with Crippen molar-refractivity contribution in [3.63, 3.8) is 0 Å². The Kier molecular flexibility index (Phi) is 4.25. The van der Waals surface area contributed by atoms with Gasteiger partial charge < -0.3 is 10.6 Å². The van der Waals surface area contributed by atoms with Crippen molar-refractivity contribution in [1.82, 2.24) is 0 Å². The normalized spacial score (nSPS) is 23.1. The Balaban J connectivity index is 2.30. The van der Waals surface area contributed by atoms with Crippen LogP contribution in [0.2, 0.25) is 5.02 Å². The third-order valence-corrected chi connectivity index (χ3v) is 3.79. The van der Waals surface area contributed by atoms with Crippen molar-refractivity contribution in [2.24, 2.45) is 5.73 Å². The highest BCUT2D eigenvalue weighted by Gasteiger charge is 2.32. The lowest BCUT2D eigenvalue weighted by Gasteiger charge is -2.31. The summed E-state index contributed by atoms with van der Waals surface area (Å²) < 4.78 is 0. The molecule has 0 saturated heterocycles. The standard InChI is InChI=1S/C14H19ClN2O/c1-2-14(18)17(13-5-3-4-12(13)16)11-8-6-10(15)7-9-11/h6-9,12-13H,2-5,16H2,1H3. The van der Waals surface area contributed by atoms with Gasteiger partial charge in [0, 0.05) is 23.2 Å². The molecule has 0 bridgehead atoms. The van der Waals surface area contributed by atoms with Gasteiger partial charge in [-0.2, -0.15) is 0 Å². The number of nitrogens with two attached hydrogens (primary N) is 1. The molecule has 1 saturated carbocycles. The minimum Gasteiger partial charge on any atom is -0.326 e. The molecule has 98 valence electrons. The molecule has 1 amide bonds. The predicted octanol–water partition coefficient (Wildman–Crippen LogP) is 2.96. The van der Waals surface area contributed by atoms with Gasteiger partial charge >= 0.3 is 0 Å². The minimum absolute atomic E-state index is 0.0798. The van der Waals surface area contributed by atoms with Crippen LogP contribution in [0, 0.1) is 0 Å². The van der Waals surface area contributed by atoms with Gasteiger partial charge in [0.15, 0.2) is 0 Å². The predicted molar refractivity (Wildman–Crippen MR) is 74.8 cm³/mol. The van der Waals surface area contributed by atoms with E-state index in [2.05, 4.69) is 0 Å². The molecular weight excluding hydrogens is 248 g/mol. The van der Waals surface area contributed by atoms with Crippen LogP contribution in [0.25, 0.3) is 0 Å². The third-order valence-electron chi connectivity index (χ3n) is 3.54. The summed E-state index contributed by atoms with van der Waals surface area (Å²) in [4.78, 5) is 14.0. The molecule has 0 radical (unpaired) electrons. The van der Waals surface area contributed by atoms with Gasteiger partial charge in [0.2, 0.25) is 5.91 Å². The van der Waals surface area contributed by atoms with E-state index in [9.17, 15) is 4.79 Å². The molecule has 0 spiro atoms. The number of halogens is 1. The molecule has 2 rings (SSSR count). The van der Waals surface area contributed by atoms with Gasteiger partial charge in [0.25, 0.3) is 0 Å². The Morgan fingerprint density at radius 3 is 2.56 bits per heavy atom. The maximum atomic E-state index is 12.2. The number of carbonyl (C=O) groups excluding carboxylic acids is 1. The number of hydrogen-bond acceptors (Lipinski definition) is 2. The zero-order chi connectivity index (χ0) is 13.1. The van der Waals surface area contributed by atoms with Crippen molar-refractivity contribution in [2.75, 3.05) is 4.90 Å². The summed E-state index contributed by atoms with van der Waals surface area (Å²) in [6.07, 6.45) is 3.56. The van der Waals surface area contributed by atoms with E-state index in [4.69, 9.17) is 17.3 Å². The van der Waals surface area contributed by atoms with Gasteiger partial charge in [0.1, 0.15) is 0 Å². The fraction of sp³-hybridized carbons (Fsp3) is 0.500. The molecule has 1 aromatic carbocycles. The lowest BCUT2D eigenvalue weighted by molar-refractivity contribution is -0.118. The molecule has 3 nitrogen and oxygen atoms in total. The first-order chi connectivity index (χ1) is 8.63. The van der Waals surface area contributed by atoms with E-state index >= 15 is 0 Å². The fourth-order valence-electron chi connectivity index (χ4n) is 2.58. The molecule has 1 aliphatic carbocycles. The van der Waals surface area contributed by atoms with Crippen molar-refractivity contribution in [1.29, 1.82) is 0 Å². The second-order valence-electron chi connectivity index (χ2n) is 4.76. The third kappa shape index (κ3) is 2.68. The average molecular weight is 267 g/mol. The molecule has 2 unspecified atom stereocenters. The minimum atomic E-state index is 0.0798. The molecule has 1 aromatic rings. The van der Waals surface area contributed by atoms with Crippen molar-refractivity contribution in [3.8, 4) is 0 Å². The second kappa shape index (κ2) is 5.72. The van der Waals surface area contributed by atoms with Crippen LogP contribution in [0.1, 0.15) is 32.6 Å². The van der Waals surface area contributed by atoms with E-state index in [0.29, 0.717) is 11.4 Å². The highest BCUT2D eigenvalue weighted by Crippen LogP contribution is 2.29. The number of benzene rings is 1. The zero-order valence-corrected chi connectivity index (χ0v) is 11.4. The van der Waals surface area contributed by atoms with Crippen LogP contribution in [0.4, 0.5) is 5.69 Å². The number of nitrogens with zero attached hydrogens (tertiary/aromatic N) is 1. The molecule has 2 N–H and O–H groups in total. The summed E-state index contributed by atoms with van der Waals surface area (Å²) in [7, 11) is 0. The van der Waals surface area contributed by atoms with Gasteiger partial charge in [-0.15, -0.1) is 0 Å². The number of amides is 1.